The van der Waals surface area contributed by atoms with Gasteiger partial charge in [-0.05, 0) is 9.85 Å². The summed E-state index contributed by atoms with van der Waals surface area (Å²) in [6.45, 7) is 0. The summed E-state index contributed by atoms with van der Waals surface area (Å²) < 4.78 is 0. The first kappa shape index (κ1) is 17.7. The molecule has 0 unspecified atom stereocenters. The van der Waals surface area contributed by atoms with E-state index in [1.54, 1.807) is 0 Å². The molecule has 26 heavy (non-hydrogen) atoms. The lowest BCUT2D eigenvalue weighted by atomic mass is 10.4. The van der Waals surface area contributed by atoms with E-state index in [0.717, 1.165) is 0 Å². The Morgan fingerprint density at radius 3 is 1.77 bits per heavy atom. The quantitative estimate of drug-likeness (QED) is 0.181. The standard InChI is InChI=1S/C4H2N6O4.2C2H4N4/c11-9(12)3-1-2(6-7-3)4(8-5-1)10(13)14;2*3-2-4-1-5-6-2/h(H,5,8)(H,6,7);2*1H,(H3,3,4,5,6). The number of aromatic nitrogens is 10. The summed E-state index contributed by atoms with van der Waals surface area (Å²) in [4.78, 5) is 26.3. The van der Waals surface area contributed by atoms with Crippen LogP contribution in [0.5, 0.6) is 0 Å². The van der Waals surface area contributed by atoms with Crippen LogP contribution < -0.4 is 11.5 Å². The molecular formula is C8H10N14O4. The number of aromatic amines is 4. The van der Waals surface area contributed by atoms with E-state index in [2.05, 4.69) is 50.8 Å². The molecule has 18 nitrogen and oxygen atoms in total. The Morgan fingerprint density at radius 2 is 1.42 bits per heavy atom. The molecule has 0 amide bonds. The molecule has 0 aliphatic rings. The number of fused-ring (bicyclic) bond motifs is 1. The van der Waals surface area contributed by atoms with E-state index in [1.807, 2.05) is 0 Å². The van der Waals surface area contributed by atoms with Gasteiger partial charge in [0.15, 0.2) is 0 Å². The van der Waals surface area contributed by atoms with E-state index in [1.165, 1.54) is 12.7 Å². The summed E-state index contributed by atoms with van der Waals surface area (Å²) in [7, 11) is 0. The summed E-state index contributed by atoms with van der Waals surface area (Å²) in [6.07, 6.45) is 2.71. The highest BCUT2D eigenvalue weighted by Gasteiger charge is 2.27. The van der Waals surface area contributed by atoms with Crippen LogP contribution in [-0.4, -0.2) is 60.6 Å². The fourth-order valence-corrected chi connectivity index (χ4v) is 1.45. The molecule has 4 heterocycles. The third-order valence-electron chi connectivity index (χ3n) is 2.46. The van der Waals surface area contributed by atoms with Crippen molar-refractivity contribution >= 4 is 34.6 Å². The average molecular weight is 366 g/mol. The third kappa shape index (κ3) is 4.21. The van der Waals surface area contributed by atoms with E-state index in [0.29, 0.717) is 11.9 Å². The minimum atomic E-state index is -0.774. The summed E-state index contributed by atoms with van der Waals surface area (Å²) >= 11 is 0. The highest BCUT2D eigenvalue weighted by molar-refractivity contribution is 5.88. The van der Waals surface area contributed by atoms with Gasteiger partial charge in [0.1, 0.15) is 12.7 Å². The fraction of sp³-hybridized carbons (Fsp3) is 0. The van der Waals surface area contributed by atoms with Gasteiger partial charge in [0.05, 0.1) is 5.10 Å². The van der Waals surface area contributed by atoms with Crippen LogP contribution in [0.15, 0.2) is 12.7 Å². The minimum absolute atomic E-state index is 0.0818. The van der Waals surface area contributed by atoms with Gasteiger partial charge >= 0.3 is 11.6 Å². The topological polar surface area (TPSA) is 279 Å². The van der Waals surface area contributed by atoms with Crippen LogP contribution in [0.3, 0.4) is 0 Å². The average Bonchev–Trinajstić information content (AvgIpc) is 3.31. The molecule has 0 fully saturated rings. The molecule has 4 aromatic rings. The number of nitrogen functional groups attached to an aromatic ring is 2. The summed E-state index contributed by atoms with van der Waals surface area (Å²) in [5.41, 5.74) is 9.86. The Balaban J connectivity index is 0.000000166. The van der Waals surface area contributed by atoms with E-state index in [9.17, 15) is 20.2 Å². The van der Waals surface area contributed by atoms with Gasteiger partial charge in [0.2, 0.25) is 22.9 Å². The molecule has 0 radical (unpaired) electrons. The SMILES string of the molecule is Nc1ncn[nH]1.Nc1ncn[nH]1.O=[N+]([O-])c1n[nH]c2c([N+](=O)[O-])[nH]nc12. The van der Waals surface area contributed by atoms with Gasteiger partial charge in [-0.15, -0.1) is 5.10 Å². The molecule has 0 atom stereocenters. The third-order valence-corrected chi connectivity index (χ3v) is 2.46. The zero-order chi connectivity index (χ0) is 19.1. The molecule has 136 valence electrons. The van der Waals surface area contributed by atoms with Crippen LogP contribution in [0.2, 0.25) is 0 Å². The Morgan fingerprint density at radius 1 is 0.846 bits per heavy atom. The summed E-state index contributed by atoms with van der Waals surface area (Å²) in [6, 6.07) is 0. The first-order chi connectivity index (χ1) is 12.4. The van der Waals surface area contributed by atoms with Gasteiger partial charge in [-0.25, -0.2) is 20.2 Å². The highest BCUT2D eigenvalue weighted by atomic mass is 16.6. The van der Waals surface area contributed by atoms with E-state index in [4.69, 9.17) is 11.5 Å². The number of rotatable bonds is 2. The van der Waals surface area contributed by atoms with Crippen molar-refractivity contribution in [3.63, 3.8) is 0 Å². The number of H-pyrrole nitrogens is 4. The largest absolute Gasteiger partial charge is 0.420 e. The molecule has 0 aliphatic heterocycles. The molecule has 4 aromatic heterocycles. The number of nitrogens with one attached hydrogen (secondary N) is 4. The van der Waals surface area contributed by atoms with Crippen LogP contribution in [-0.2, 0) is 0 Å². The molecule has 8 N–H and O–H groups in total. The molecule has 18 heteroatoms. The molecule has 0 spiro atoms. The Hall–Kier alpha value is -4.64. The fourth-order valence-electron chi connectivity index (χ4n) is 1.45. The predicted octanol–water partition coefficient (Wildman–Crippen LogP) is -1.12. The first-order valence-corrected chi connectivity index (χ1v) is 6.33. The van der Waals surface area contributed by atoms with Crippen molar-refractivity contribution in [3.8, 4) is 0 Å². The second-order valence-electron chi connectivity index (χ2n) is 4.10. The van der Waals surface area contributed by atoms with Crippen LogP contribution in [0, 0.1) is 20.2 Å². The second-order valence-corrected chi connectivity index (χ2v) is 4.10. The lowest BCUT2D eigenvalue weighted by Gasteiger charge is -1.84. The molecule has 0 aromatic carbocycles. The van der Waals surface area contributed by atoms with Crippen LogP contribution >= 0.6 is 0 Å². The maximum Gasteiger partial charge on any atom is 0.420 e. The van der Waals surface area contributed by atoms with Crippen molar-refractivity contribution in [2.75, 3.05) is 11.5 Å². The van der Waals surface area contributed by atoms with Crippen molar-refractivity contribution in [1.82, 2.24) is 50.8 Å². The van der Waals surface area contributed by atoms with E-state index < -0.39 is 21.5 Å². The number of nitrogens with two attached hydrogens (primary N) is 2. The lowest BCUT2D eigenvalue weighted by Crippen LogP contribution is -1.90. The number of hydrogen-bond donors (Lipinski definition) is 6. The zero-order valence-electron chi connectivity index (χ0n) is 12.5. The highest BCUT2D eigenvalue weighted by Crippen LogP contribution is 2.25. The molecule has 0 bridgehead atoms. The van der Waals surface area contributed by atoms with E-state index in [-0.39, 0.29) is 11.0 Å². The maximum atomic E-state index is 10.4. The lowest BCUT2D eigenvalue weighted by molar-refractivity contribution is -0.388. The van der Waals surface area contributed by atoms with Crippen molar-refractivity contribution in [2.24, 2.45) is 0 Å². The van der Waals surface area contributed by atoms with E-state index >= 15 is 0 Å². The van der Waals surface area contributed by atoms with Crippen molar-refractivity contribution in [2.45, 2.75) is 0 Å². The van der Waals surface area contributed by atoms with Crippen LogP contribution in [0.1, 0.15) is 0 Å². The van der Waals surface area contributed by atoms with Gasteiger partial charge in [-0.1, -0.05) is 5.10 Å². The summed E-state index contributed by atoms with van der Waals surface area (Å²) in [5, 5.41) is 43.4. The minimum Gasteiger partial charge on any atom is -0.368 e. The number of anilines is 2. The summed E-state index contributed by atoms with van der Waals surface area (Å²) in [5.74, 6) is -0.269. The normalized spacial score (nSPS) is 9.69. The second kappa shape index (κ2) is 7.76. The van der Waals surface area contributed by atoms with Crippen molar-refractivity contribution in [3.05, 3.63) is 32.9 Å². The van der Waals surface area contributed by atoms with Gasteiger partial charge in [0.25, 0.3) is 0 Å². The predicted molar refractivity (Wildman–Crippen MR) is 83.1 cm³/mol. The van der Waals surface area contributed by atoms with Crippen molar-refractivity contribution in [1.29, 1.82) is 0 Å². The van der Waals surface area contributed by atoms with Crippen molar-refractivity contribution < 1.29 is 9.85 Å². The Labute approximate surface area is 140 Å². The number of nitrogens with zero attached hydrogens (tertiary/aromatic N) is 8. The molecule has 4 rings (SSSR count). The molecule has 0 aliphatic carbocycles. The maximum absolute atomic E-state index is 10.4. The molecule has 0 saturated carbocycles. The van der Waals surface area contributed by atoms with Crippen LogP contribution in [0.25, 0.3) is 11.0 Å². The number of nitro groups is 2. The number of hydrogen-bond acceptors (Lipinski definition) is 12. The van der Waals surface area contributed by atoms with Gasteiger partial charge in [-0.3, -0.25) is 0 Å². The smallest absolute Gasteiger partial charge is 0.368 e. The monoisotopic (exact) mass is 366 g/mol. The van der Waals surface area contributed by atoms with Gasteiger partial charge in [-0.2, -0.15) is 15.3 Å². The van der Waals surface area contributed by atoms with Gasteiger partial charge < -0.3 is 31.7 Å². The first-order valence-electron chi connectivity index (χ1n) is 6.33. The van der Waals surface area contributed by atoms with Gasteiger partial charge in [0, 0.05) is 0 Å². The Bertz CT molecular complexity index is 888. The van der Waals surface area contributed by atoms with Crippen LogP contribution in [0.4, 0.5) is 23.5 Å². The Kier molecular flexibility index (Phi) is 5.29. The zero-order valence-corrected chi connectivity index (χ0v) is 12.5. The molecule has 0 saturated heterocycles. The molecular weight excluding hydrogens is 356 g/mol.